The van der Waals surface area contributed by atoms with Crippen LogP contribution in [0.25, 0.3) is 0 Å². The van der Waals surface area contributed by atoms with Crippen molar-refractivity contribution in [3.63, 3.8) is 0 Å². The van der Waals surface area contributed by atoms with E-state index in [4.69, 9.17) is 5.73 Å². The van der Waals surface area contributed by atoms with Crippen molar-refractivity contribution in [2.45, 2.75) is 44.6 Å². The number of nitrogens with one attached hydrogen (secondary N) is 2. The fourth-order valence-electron chi connectivity index (χ4n) is 1.86. The first kappa shape index (κ1) is 12.9. The fraction of sp³-hybridized carbons (Fsp3) is 0.667. The molecule has 0 saturated heterocycles. The van der Waals surface area contributed by atoms with E-state index in [1.165, 1.54) is 0 Å². The molecule has 100 valence electrons. The molecule has 5 N–H and O–H groups in total. The van der Waals surface area contributed by atoms with Gasteiger partial charge in [0, 0.05) is 12.5 Å². The SMILES string of the molecule is CCC(O)CCNC(=O)c1n[nH]c(C2CC2)c1N. The Kier molecular flexibility index (Phi) is 3.86. The molecule has 1 amide bonds. The first-order valence-electron chi connectivity index (χ1n) is 6.43. The van der Waals surface area contributed by atoms with Crippen LogP contribution < -0.4 is 11.1 Å². The Labute approximate surface area is 106 Å². The van der Waals surface area contributed by atoms with Gasteiger partial charge in [-0.05, 0) is 25.7 Å². The Morgan fingerprint density at radius 3 is 3.00 bits per heavy atom. The third-order valence-electron chi connectivity index (χ3n) is 3.27. The summed E-state index contributed by atoms with van der Waals surface area (Å²) in [6, 6.07) is 0. The number of carbonyl (C=O) groups excluding carboxylic acids is 1. The molecule has 1 unspecified atom stereocenters. The largest absolute Gasteiger partial charge is 0.395 e. The van der Waals surface area contributed by atoms with Gasteiger partial charge in [0.25, 0.3) is 5.91 Å². The van der Waals surface area contributed by atoms with Crippen molar-refractivity contribution < 1.29 is 9.90 Å². The number of aromatic amines is 1. The number of nitrogens with two attached hydrogens (primary N) is 1. The molecule has 1 aliphatic rings. The molecule has 1 atom stereocenters. The standard InChI is InChI=1S/C12H20N4O2/c1-2-8(17)5-6-14-12(18)11-9(13)10(15-16-11)7-3-4-7/h7-8,17H,2-6,13H2,1H3,(H,14,18)(H,15,16). The molecule has 0 bridgehead atoms. The van der Waals surface area contributed by atoms with Crippen LogP contribution in [0.2, 0.25) is 0 Å². The summed E-state index contributed by atoms with van der Waals surface area (Å²) in [5.41, 5.74) is 7.51. The molecule has 6 nitrogen and oxygen atoms in total. The summed E-state index contributed by atoms with van der Waals surface area (Å²) >= 11 is 0. The van der Waals surface area contributed by atoms with Crippen molar-refractivity contribution in [3.05, 3.63) is 11.4 Å². The second-order valence-electron chi connectivity index (χ2n) is 4.78. The van der Waals surface area contributed by atoms with Crippen LogP contribution >= 0.6 is 0 Å². The summed E-state index contributed by atoms with van der Waals surface area (Å²) in [5, 5.41) is 18.9. The van der Waals surface area contributed by atoms with E-state index in [9.17, 15) is 9.90 Å². The second-order valence-corrected chi connectivity index (χ2v) is 4.78. The van der Waals surface area contributed by atoms with Crippen LogP contribution in [0.4, 0.5) is 5.69 Å². The lowest BCUT2D eigenvalue weighted by molar-refractivity contribution is 0.0938. The topological polar surface area (TPSA) is 104 Å². The molecule has 2 rings (SSSR count). The van der Waals surface area contributed by atoms with Gasteiger partial charge in [-0.1, -0.05) is 6.92 Å². The fourth-order valence-corrected chi connectivity index (χ4v) is 1.86. The van der Waals surface area contributed by atoms with Crippen LogP contribution in [0.5, 0.6) is 0 Å². The predicted molar refractivity (Wildman–Crippen MR) is 68.2 cm³/mol. The molecule has 1 aromatic rings. The summed E-state index contributed by atoms with van der Waals surface area (Å²) in [7, 11) is 0. The monoisotopic (exact) mass is 252 g/mol. The number of hydrogen-bond donors (Lipinski definition) is 4. The second kappa shape index (κ2) is 5.39. The molecule has 18 heavy (non-hydrogen) atoms. The summed E-state index contributed by atoms with van der Waals surface area (Å²) in [6.07, 6.45) is 3.07. The minimum Gasteiger partial charge on any atom is -0.395 e. The number of hydrogen-bond acceptors (Lipinski definition) is 4. The maximum absolute atomic E-state index is 11.8. The van der Waals surface area contributed by atoms with Gasteiger partial charge in [-0.15, -0.1) is 0 Å². The highest BCUT2D eigenvalue weighted by Crippen LogP contribution is 2.42. The minimum atomic E-state index is -0.371. The number of aliphatic hydroxyl groups is 1. The van der Waals surface area contributed by atoms with E-state index in [0.29, 0.717) is 31.0 Å². The number of nitrogens with zero attached hydrogens (tertiary/aromatic N) is 1. The molecular formula is C12H20N4O2. The molecule has 1 saturated carbocycles. The maximum Gasteiger partial charge on any atom is 0.273 e. The van der Waals surface area contributed by atoms with E-state index in [1.54, 1.807) is 0 Å². The third kappa shape index (κ3) is 2.81. The number of aliphatic hydroxyl groups excluding tert-OH is 1. The Morgan fingerprint density at radius 2 is 2.39 bits per heavy atom. The molecule has 0 aromatic carbocycles. The molecule has 6 heteroatoms. The average Bonchev–Trinajstić information content (AvgIpc) is 3.12. The lowest BCUT2D eigenvalue weighted by atomic mass is 10.2. The van der Waals surface area contributed by atoms with Crippen molar-refractivity contribution in [1.82, 2.24) is 15.5 Å². The van der Waals surface area contributed by atoms with E-state index in [0.717, 1.165) is 18.5 Å². The van der Waals surface area contributed by atoms with Gasteiger partial charge in [0.05, 0.1) is 17.5 Å². The Balaban J connectivity index is 1.88. The molecule has 1 fully saturated rings. The molecule has 0 spiro atoms. The van der Waals surface area contributed by atoms with E-state index >= 15 is 0 Å². The molecule has 0 aliphatic heterocycles. The van der Waals surface area contributed by atoms with Gasteiger partial charge in [-0.25, -0.2) is 0 Å². The van der Waals surface area contributed by atoms with Gasteiger partial charge in [0.2, 0.25) is 0 Å². The quantitative estimate of drug-likeness (QED) is 0.600. The molecule has 0 radical (unpaired) electrons. The van der Waals surface area contributed by atoms with Crippen molar-refractivity contribution in [2.75, 3.05) is 12.3 Å². The van der Waals surface area contributed by atoms with Gasteiger partial charge >= 0.3 is 0 Å². The Hall–Kier alpha value is -1.56. The van der Waals surface area contributed by atoms with Crippen LogP contribution in [-0.2, 0) is 0 Å². The molecular weight excluding hydrogens is 232 g/mol. The van der Waals surface area contributed by atoms with Crippen LogP contribution in [-0.4, -0.2) is 33.9 Å². The number of anilines is 1. The van der Waals surface area contributed by atoms with Gasteiger partial charge < -0.3 is 16.2 Å². The average molecular weight is 252 g/mol. The summed E-state index contributed by atoms with van der Waals surface area (Å²) in [6.45, 7) is 2.33. The number of rotatable bonds is 6. The zero-order valence-corrected chi connectivity index (χ0v) is 10.6. The third-order valence-corrected chi connectivity index (χ3v) is 3.27. The van der Waals surface area contributed by atoms with Crippen LogP contribution in [0.1, 0.15) is 54.7 Å². The van der Waals surface area contributed by atoms with Crippen molar-refractivity contribution in [1.29, 1.82) is 0 Å². The van der Waals surface area contributed by atoms with E-state index in [1.807, 2.05) is 6.92 Å². The summed E-state index contributed by atoms with van der Waals surface area (Å²) in [4.78, 5) is 11.8. The van der Waals surface area contributed by atoms with Crippen LogP contribution in [0.15, 0.2) is 0 Å². The lowest BCUT2D eigenvalue weighted by Crippen LogP contribution is -2.27. The van der Waals surface area contributed by atoms with Crippen LogP contribution in [0.3, 0.4) is 0 Å². The normalized spacial score (nSPS) is 16.6. The molecule has 1 aromatic heterocycles. The number of H-pyrrole nitrogens is 1. The number of aromatic nitrogens is 2. The summed E-state index contributed by atoms with van der Waals surface area (Å²) in [5.74, 6) is 0.167. The van der Waals surface area contributed by atoms with E-state index in [-0.39, 0.29) is 17.7 Å². The van der Waals surface area contributed by atoms with Crippen molar-refractivity contribution in [2.24, 2.45) is 0 Å². The Bertz CT molecular complexity index is 426. The number of amides is 1. The summed E-state index contributed by atoms with van der Waals surface area (Å²) < 4.78 is 0. The number of nitrogen functional groups attached to an aromatic ring is 1. The van der Waals surface area contributed by atoms with Gasteiger partial charge in [0.15, 0.2) is 5.69 Å². The predicted octanol–water partition coefficient (Wildman–Crippen LogP) is 0.760. The Morgan fingerprint density at radius 1 is 1.67 bits per heavy atom. The highest BCUT2D eigenvalue weighted by molar-refractivity contribution is 5.97. The van der Waals surface area contributed by atoms with E-state index < -0.39 is 0 Å². The first-order valence-corrected chi connectivity index (χ1v) is 6.43. The van der Waals surface area contributed by atoms with Gasteiger partial charge in [-0.2, -0.15) is 5.10 Å². The number of carbonyl (C=O) groups is 1. The lowest BCUT2D eigenvalue weighted by Gasteiger charge is -2.08. The smallest absolute Gasteiger partial charge is 0.273 e. The van der Waals surface area contributed by atoms with Crippen molar-refractivity contribution in [3.8, 4) is 0 Å². The molecule has 1 heterocycles. The van der Waals surface area contributed by atoms with E-state index in [2.05, 4.69) is 15.5 Å². The maximum atomic E-state index is 11.8. The first-order chi connectivity index (χ1) is 8.63. The zero-order chi connectivity index (χ0) is 13.1. The minimum absolute atomic E-state index is 0.267. The van der Waals surface area contributed by atoms with Gasteiger partial charge in [0.1, 0.15) is 0 Å². The zero-order valence-electron chi connectivity index (χ0n) is 10.6. The van der Waals surface area contributed by atoms with Crippen molar-refractivity contribution >= 4 is 11.6 Å². The highest BCUT2D eigenvalue weighted by atomic mass is 16.3. The van der Waals surface area contributed by atoms with Crippen LogP contribution in [0, 0.1) is 0 Å². The molecule has 1 aliphatic carbocycles. The van der Waals surface area contributed by atoms with Gasteiger partial charge in [-0.3, -0.25) is 9.89 Å². The highest BCUT2D eigenvalue weighted by Gasteiger charge is 2.30.